The zero-order valence-electron chi connectivity index (χ0n) is 24.3. The van der Waals surface area contributed by atoms with Crippen molar-refractivity contribution < 1.29 is 27.9 Å². The van der Waals surface area contributed by atoms with Crippen LogP contribution in [0.4, 0.5) is 0 Å². The maximum atomic E-state index is 13.9. The fourth-order valence-electron chi connectivity index (χ4n) is 6.77. The number of esters is 1. The summed E-state index contributed by atoms with van der Waals surface area (Å²) in [6.07, 6.45) is -0.474. The molecule has 2 N–H and O–H groups in total. The second-order valence-corrected chi connectivity index (χ2v) is 14.9. The van der Waals surface area contributed by atoms with Crippen LogP contribution in [-0.4, -0.2) is 38.6 Å². The van der Waals surface area contributed by atoms with Crippen LogP contribution in [0.1, 0.15) is 41.2 Å². The Labute approximate surface area is 265 Å². The lowest BCUT2D eigenvalue weighted by atomic mass is 9.91. The molecular weight excluding hydrogens is 607 g/mol. The van der Waals surface area contributed by atoms with E-state index in [2.05, 4.69) is 16.9 Å². The summed E-state index contributed by atoms with van der Waals surface area (Å²) < 4.78 is 34.5. The number of hydrogen-bond donors (Lipinski definition) is 2. The minimum absolute atomic E-state index is 0.0266. The Morgan fingerprint density at radius 1 is 0.867 bits per heavy atom. The highest BCUT2D eigenvalue weighted by molar-refractivity contribution is 7.90. The molecule has 0 amide bonds. The summed E-state index contributed by atoms with van der Waals surface area (Å²) in [6, 6.07) is 33.7. The van der Waals surface area contributed by atoms with Crippen molar-refractivity contribution in [3.63, 3.8) is 0 Å². The number of hydrogen-bond acceptors (Lipinski definition) is 6. The van der Waals surface area contributed by atoms with E-state index in [1.165, 1.54) is 11.3 Å². The molecule has 4 aromatic carbocycles. The van der Waals surface area contributed by atoms with E-state index in [9.17, 15) is 23.1 Å². The van der Waals surface area contributed by atoms with Gasteiger partial charge < -0.3 is 9.84 Å². The second-order valence-electron chi connectivity index (χ2n) is 11.7. The number of rotatable bonds is 7. The van der Waals surface area contributed by atoms with Gasteiger partial charge in [0, 0.05) is 22.2 Å². The molecule has 1 fully saturated rings. The van der Waals surface area contributed by atoms with Crippen molar-refractivity contribution in [3.05, 3.63) is 119 Å². The maximum Gasteiger partial charge on any atom is 0.310 e. The smallest absolute Gasteiger partial charge is 0.310 e. The maximum absolute atomic E-state index is 13.9. The zero-order chi connectivity index (χ0) is 31.2. The van der Waals surface area contributed by atoms with E-state index >= 15 is 0 Å². The Hall–Kier alpha value is -4.31. The Balaban J connectivity index is 1.13. The zero-order valence-corrected chi connectivity index (χ0v) is 25.9. The average molecular weight is 638 g/mol. The van der Waals surface area contributed by atoms with Crippen molar-refractivity contribution in [2.75, 3.05) is 13.2 Å². The number of carboxylic acids is 1. The van der Waals surface area contributed by atoms with Crippen LogP contribution in [0.25, 0.3) is 32.3 Å². The molecule has 1 aliphatic heterocycles. The largest absolute Gasteiger partial charge is 0.481 e. The number of carboxylic acid groups (broad SMARTS) is 1. The van der Waals surface area contributed by atoms with Gasteiger partial charge >= 0.3 is 11.9 Å². The molecule has 0 radical (unpaired) electrons. The van der Waals surface area contributed by atoms with Crippen LogP contribution in [0.3, 0.4) is 0 Å². The highest BCUT2D eigenvalue weighted by Gasteiger charge is 2.51. The van der Waals surface area contributed by atoms with Gasteiger partial charge in [-0.3, -0.25) is 9.59 Å². The molecule has 7 rings (SSSR count). The molecule has 2 heterocycles. The summed E-state index contributed by atoms with van der Waals surface area (Å²) in [5, 5.41) is 12.1. The Bertz CT molecular complexity index is 2010. The molecule has 7 nitrogen and oxygen atoms in total. The third-order valence-corrected chi connectivity index (χ3v) is 12.8. The minimum Gasteiger partial charge on any atom is -0.481 e. The number of thiophene rings is 1. The highest BCUT2D eigenvalue weighted by Crippen LogP contribution is 2.47. The normalized spacial score (nSPS) is 20.7. The summed E-state index contributed by atoms with van der Waals surface area (Å²) in [7, 11) is -4.18. The van der Waals surface area contributed by atoms with Crippen LogP contribution < -0.4 is 4.72 Å². The molecule has 1 saturated heterocycles. The van der Waals surface area contributed by atoms with E-state index in [0.717, 1.165) is 43.5 Å². The first-order valence-electron chi connectivity index (χ1n) is 14.9. The van der Waals surface area contributed by atoms with E-state index in [1.54, 1.807) is 6.07 Å². The van der Waals surface area contributed by atoms with Crippen LogP contribution in [0.15, 0.2) is 103 Å². The van der Waals surface area contributed by atoms with Crippen molar-refractivity contribution in [3.8, 4) is 21.6 Å². The van der Waals surface area contributed by atoms with Gasteiger partial charge in [-0.15, -0.1) is 11.3 Å². The van der Waals surface area contributed by atoms with Crippen LogP contribution in [0, 0.1) is 5.92 Å². The molecule has 5 aromatic rings. The van der Waals surface area contributed by atoms with Gasteiger partial charge in [-0.1, -0.05) is 84.9 Å². The van der Waals surface area contributed by atoms with Crippen molar-refractivity contribution in [1.29, 1.82) is 0 Å². The minimum atomic E-state index is -4.18. The standard InChI is InChI=1S/C36H31NO6S2/c38-34(39)20-36(33-16-15-32(44-33)25-14-13-23-7-1-2-8-24(23)19-25)18-17-26(21-37-45(36,41)42)35(40)43-22-31-29-11-5-3-9-27(29)28-10-4-6-12-30(28)31/h1-16,19,26,31,37H,17-18,20-22H2,(H,38,39). The van der Waals surface area contributed by atoms with Crippen molar-refractivity contribution >= 4 is 44.1 Å². The fraction of sp³-hybridized carbons (Fsp3) is 0.222. The van der Waals surface area contributed by atoms with E-state index in [0.29, 0.717) is 4.88 Å². The predicted octanol–water partition coefficient (Wildman–Crippen LogP) is 6.92. The van der Waals surface area contributed by atoms with Crippen LogP contribution >= 0.6 is 11.3 Å². The third-order valence-electron chi connectivity index (χ3n) is 9.14. The number of ether oxygens (including phenoxy) is 1. The molecule has 0 spiro atoms. The fourth-order valence-corrected chi connectivity index (χ4v) is 10.1. The lowest BCUT2D eigenvalue weighted by Crippen LogP contribution is -2.44. The van der Waals surface area contributed by atoms with Crippen molar-refractivity contribution in [1.82, 2.24) is 4.72 Å². The van der Waals surface area contributed by atoms with E-state index in [4.69, 9.17) is 4.74 Å². The first kappa shape index (κ1) is 29.4. The molecule has 1 aromatic heterocycles. The first-order chi connectivity index (χ1) is 21.8. The predicted molar refractivity (Wildman–Crippen MR) is 176 cm³/mol. The summed E-state index contributed by atoms with van der Waals surface area (Å²) in [6.45, 7) is -0.0142. The van der Waals surface area contributed by atoms with Gasteiger partial charge in [0.2, 0.25) is 10.0 Å². The van der Waals surface area contributed by atoms with Crippen LogP contribution in [-0.2, 0) is 29.1 Å². The van der Waals surface area contributed by atoms with Gasteiger partial charge in [0.1, 0.15) is 11.4 Å². The molecule has 2 unspecified atom stereocenters. The molecule has 0 saturated carbocycles. The van der Waals surface area contributed by atoms with Crippen LogP contribution in [0.5, 0.6) is 0 Å². The summed E-state index contributed by atoms with van der Waals surface area (Å²) in [5.41, 5.74) is 5.34. The van der Waals surface area contributed by atoms with E-state index < -0.39 is 39.0 Å². The van der Waals surface area contributed by atoms with Gasteiger partial charge in [-0.25, -0.2) is 13.1 Å². The quantitative estimate of drug-likeness (QED) is 0.188. The van der Waals surface area contributed by atoms with Gasteiger partial charge in [-0.2, -0.15) is 0 Å². The molecule has 45 heavy (non-hydrogen) atoms. The molecule has 9 heteroatoms. The van der Waals surface area contributed by atoms with Crippen molar-refractivity contribution in [2.24, 2.45) is 5.92 Å². The lowest BCUT2D eigenvalue weighted by molar-refractivity contribution is -0.148. The first-order valence-corrected chi connectivity index (χ1v) is 17.2. The number of carbonyl (C=O) groups excluding carboxylic acids is 1. The van der Waals surface area contributed by atoms with Gasteiger partial charge in [0.25, 0.3) is 0 Å². The van der Waals surface area contributed by atoms with E-state index in [1.807, 2.05) is 84.9 Å². The monoisotopic (exact) mass is 637 g/mol. The number of nitrogens with one attached hydrogen (secondary N) is 1. The molecule has 1 aliphatic carbocycles. The number of carbonyl (C=O) groups is 2. The second kappa shape index (κ2) is 11.6. The molecule has 2 atom stereocenters. The van der Waals surface area contributed by atoms with Gasteiger partial charge in [0.05, 0.1) is 12.3 Å². The summed E-state index contributed by atoms with van der Waals surface area (Å²) in [5.74, 6) is -2.58. The Kier molecular flexibility index (Phi) is 7.55. The Morgan fingerprint density at radius 3 is 2.24 bits per heavy atom. The Morgan fingerprint density at radius 2 is 1.53 bits per heavy atom. The van der Waals surface area contributed by atoms with Gasteiger partial charge in [-0.05, 0) is 69.6 Å². The van der Waals surface area contributed by atoms with E-state index in [-0.39, 0.29) is 31.9 Å². The number of sulfonamides is 1. The third kappa shape index (κ3) is 5.24. The lowest BCUT2D eigenvalue weighted by Gasteiger charge is -2.29. The summed E-state index contributed by atoms with van der Waals surface area (Å²) >= 11 is 1.28. The van der Waals surface area contributed by atoms with Crippen LogP contribution in [0.2, 0.25) is 0 Å². The number of benzene rings is 4. The number of fused-ring (bicyclic) bond motifs is 4. The molecular formula is C36H31NO6S2. The topological polar surface area (TPSA) is 110 Å². The number of aliphatic carboxylic acids is 1. The SMILES string of the molecule is O=C(O)CC1(c2ccc(-c3ccc4ccccc4c3)s2)CCC(C(=O)OCC2c3ccccc3-c3ccccc32)CNS1(=O)=O. The highest BCUT2D eigenvalue weighted by atomic mass is 32.2. The molecule has 228 valence electrons. The van der Waals surface area contributed by atoms with Gasteiger partial charge in [0.15, 0.2) is 0 Å². The van der Waals surface area contributed by atoms with Crippen molar-refractivity contribution in [2.45, 2.75) is 29.9 Å². The summed E-state index contributed by atoms with van der Waals surface area (Å²) in [4.78, 5) is 26.9. The molecule has 0 bridgehead atoms. The molecule has 2 aliphatic rings. The average Bonchev–Trinajstić information content (AvgIpc) is 3.63.